The van der Waals surface area contributed by atoms with Gasteiger partial charge in [-0.1, -0.05) is 31.3 Å². The van der Waals surface area contributed by atoms with Gasteiger partial charge in [-0.05, 0) is 38.3 Å². The SMILES string of the molecule is CC=CN/C=N/P(=S)(OCC)SC(C)CC. The first-order chi connectivity index (χ1) is 7.58. The molecule has 0 amide bonds. The van der Waals surface area contributed by atoms with E-state index < -0.39 is 5.62 Å². The van der Waals surface area contributed by atoms with E-state index in [9.17, 15) is 0 Å². The van der Waals surface area contributed by atoms with Gasteiger partial charge in [-0.15, -0.1) is 0 Å². The Bertz CT molecular complexity index is 282. The van der Waals surface area contributed by atoms with E-state index in [1.807, 2.05) is 26.1 Å². The van der Waals surface area contributed by atoms with Crippen LogP contribution in [0.1, 0.15) is 34.1 Å². The molecule has 0 saturated carbocycles. The van der Waals surface area contributed by atoms with Gasteiger partial charge in [-0.2, -0.15) is 0 Å². The molecular formula is C10H21N2OPS2. The van der Waals surface area contributed by atoms with Crippen LogP contribution in [0, 0.1) is 0 Å². The maximum absolute atomic E-state index is 5.61. The summed E-state index contributed by atoms with van der Waals surface area (Å²) < 4.78 is 9.96. The first kappa shape index (κ1) is 16.2. The van der Waals surface area contributed by atoms with Crippen molar-refractivity contribution < 1.29 is 4.52 Å². The monoisotopic (exact) mass is 280 g/mol. The smallest absolute Gasteiger partial charge is 0.233 e. The molecule has 2 atom stereocenters. The second kappa shape index (κ2) is 9.23. The summed E-state index contributed by atoms with van der Waals surface area (Å²) in [5.74, 6) is 0. The molecule has 16 heavy (non-hydrogen) atoms. The van der Waals surface area contributed by atoms with Crippen LogP contribution in [0.25, 0.3) is 0 Å². The summed E-state index contributed by atoms with van der Waals surface area (Å²) >= 11 is 7.15. The second-order valence-corrected chi connectivity index (χ2v) is 9.86. The van der Waals surface area contributed by atoms with Crippen molar-refractivity contribution in [1.82, 2.24) is 5.32 Å². The van der Waals surface area contributed by atoms with Gasteiger partial charge in [0.1, 0.15) is 0 Å². The zero-order chi connectivity index (χ0) is 12.4. The molecule has 0 spiro atoms. The molecule has 0 aromatic heterocycles. The van der Waals surface area contributed by atoms with Crippen LogP contribution in [0.3, 0.4) is 0 Å². The van der Waals surface area contributed by atoms with Gasteiger partial charge < -0.3 is 9.84 Å². The van der Waals surface area contributed by atoms with Crippen LogP contribution in [0.15, 0.2) is 17.0 Å². The Kier molecular flexibility index (Phi) is 9.32. The van der Waals surface area contributed by atoms with Crippen molar-refractivity contribution in [1.29, 1.82) is 0 Å². The lowest BCUT2D eigenvalue weighted by atomic mass is 10.4. The molecule has 6 heteroatoms. The van der Waals surface area contributed by atoms with E-state index >= 15 is 0 Å². The molecule has 94 valence electrons. The minimum atomic E-state index is -2.11. The maximum Gasteiger partial charge on any atom is 0.233 e. The Morgan fingerprint density at radius 1 is 1.56 bits per heavy atom. The fourth-order valence-electron chi connectivity index (χ4n) is 0.799. The number of nitrogens with one attached hydrogen (secondary N) is 1. The molecule has 1 N–H and O–H groups in total. The van der Waals surface area contributed by atoms with Crippen molar-refractivity contribution >= 4 is 35.1 Å². The molecule has 0 bridgehead atoms. The van der Waals surface area contributed by atoms with Crippen LogP contribution < -0.4 is 5.32 Å². The fraction of sp³-hybridized carbons (Fsp3) is 0.700. The van der Waals surface area contributed by atoms with E-state index in [-0.39, 0.29) is 0 Å². The van der Waals surface area contributed by atoms with Gasteiger partial charge in [0.15, 0.2) is 0 Å². The Hall–Kier alpha value is 0.170. The van der Waals surface area contributed by atoms with Crippen molar-refractivity contribution in [2.45, 2.75) is 39.4 Å². The zero-order valence-corrected chi connectivity index (χ0v) is 12.9. The molecule has 0 heterocycles. The average Bonchev–Trinajstić information content (AvgIpc) is 2.24. The minimum absolute atomic E-state index is 0.483. The van der Waals surface area contributed by atoms with Gasteiger partial charge in [0, 0.05) is 5.25 Å². The van der Waals surface area contributed by atoms with Crippen molar-refractivity contribution in [2.24, 2.45) is 4.76 Å². The second-order valence-electron chi connectivity index (χ2n) is 3.12. The van der Waals surface area contributed by atoms with Crippen molar-refractivity contribution in [3.63, 3.8) is 0 Å². The van der Waals surface area contributed by atoms with E-state index in [4.69, 9.17) is 16.3 Å². The third-order valence-corrected chi connectivity index (χ3v) is 7.51. The minimum Gasteiger partial charge on any atom is -0.353 e. The number of nitrogens with zero attached hydrogens (tertiary/aromatic N) is 1. The third-order valence-electron chi connectivity index (χ3n) is 1.72. The predicted molar refractivity (Wildman–Crippen MR) is 79.7 cm³/mol. The van der Waals surface area contributed by atoms with Gasteiger partial charge in [-0.25, -0.2) is 4.76 Å². The molecule has 0 fully saturated rings. The largest absolute Gasteiger partial charge is 0.353 e. The van der Waals surface area contributed by atoms with Crippen LogP contribution in [-0.2, 0) is 16.3 Å². The lowest BCUT2D eigenvalue weighted by Crippen LogP contribution is -2.01. The van der Waals surface area contributed by atoms with Crippen LogP contribution >= 0.6 is 17.0 Å². The quantitative estimate of drug-likeness (QED) is 0.415. The molecule has 0 aromatic rings. The molecule has 0 saturated heterocycles. The van der Waals surface area contributed by atoms with E-state index in [2.05, 4.69) is 23.9 Å². The number of allylic oxidation sites excluding steroid dienone is 1. The Balaban J connectivity index is 4.43. The average molecular weight is 280 g/mol. The Morgan fingerprint density at radius 3 is 2.75 bits per heavy atom. The van der Waals surface area contributed by atoms with Gasteiger partial charge in [-0.3, -0.25) is 0 Å². The maximum atomic E-state index is 5.61. The van der Waals surface area contributed by atoms with Gasteiger partial charge >= 0.3 is 0 Å². The summed E-state index contributed by atoms with van der Waals surface area (Å²) in [5, 5.41) is 3.42. The van der Waals surface area contributed by atoms with Crippen molar-refractivity contribution in [3.05, 3.63) is 12.3 Å². The van der Waals surface area contributed by atoms with Crippen LogP contribution in [0.5, 0.6) is 0 Å². The molecule has 3 nitrogen and oxygen atoms in total. The van der Waals surface area contributed by atoms with E-state index in [1.165, 1.54) is 0 Å². The number of hydrogen-bond acceptors (Lipinski definition) is 3. The molecule has 0 aliphatic heterocycles. The van der Waals surface area contributed by atoms with Crippen LogP contribution in [0.2, 0.25) is 0 Å². The molecule has 0 radical (unpaired) electrons. The summed E-state index contributed by atoms with van der Waals surface area (Å²) in [6, 6.07) is 0. The summed E-state index contributed by atoms with van der Waals surface area (Å²) in [4.78, 5) is 0. The third kappa shape index (κ3) is 7.44. The highest BCUT2D eigenvalue weighted by Gasteiger charge is 2.19. The fourth-order valence-corrected chi connectivity index (χ4v) is 6.51. The Labute approximate surface area is 108 Å². The molecular weight excluding hydrogens is 259 g/mol. The Morgan fingerprint density at radius 2 is 2.25 bits per heavy atom. The van der Waals surface area contributed by atoms with Crippen molar-refractivity contribution in [2.75, 3.05) is 6.61 Å². The number of hydrogen-bond donors (Lipinski definition) is 1. The predicted octanol–water partition coefficient (Wildman–Crippen LogP) is 3.93. The lowest BCUT2D eigenvalue weighted by molar-refractivity contribution is 0.385. The summed E-state index contributed by atoms with van der Waals surface area (Å²) in [7, 11) is 0. The highest BCUT2D eigenvalue weighted by molar-refractivity contribution is 8.69. The molecule has 0 aliphatic carbocycles. The van der Waals surface area contributed by atoms with Crippen LogP contribution in [0.4, 0.5) is 0 Å². The summed E-state index contributed by atoms with van der Waals surface area (Å²) in [5.41, 5.74) is -2.11. The lowest BCUT2D eigenvalue weighted by Gasteiger charge is -2.19. The highest BCUT2D eigenvalue weighted by atomic mass is 32.9. The van der Waals surface area contributed by atoms with E-state index in [0.29, 0.717) is 11.9 Å². The topological polar surface area (TPSA) is 33.6 Å². The zero-order valence-electron chi connectivity index (χ0n) is 10.3. The van der Waals surface area contributed by atoms with Gasteiger partial charge in [0.05, 0.1) is 12.9 Å². The highest BCUT2D eigenvalue weighted by Crippen LogP contribution is 2.63. The standard InChI is InChI=1S/C10H21N2OPS2/c1-5-8-11-9-12-14(15,13-7-3)16-10(4)6-2/h5,8-10H,6-7H2,1-4H3,(H,11,12,15). The van der Waals surface area contributed by atoms with E-state index in [0.717, 1.165) is 6.42 Å². The van der Waals surface area contributed by atoms with Crippen molar-refractivity contribution in [3.8, 4) is 0 Å². The first-order valence-corrected chi connectivity index (χ1v) is 9.58. The molecule has 2 unspecified atom stereocenters. The first-order valence-electron chi connectivity index (χ1n) is 5.42. The van der Waals surface area contributed by atoms with E-state index in [1.54, 1.807) is 17.7 Å². The summed E-state index contributed by atoms with van der Waals surface area (Å²) in [6.07, 6.45) is 6.42. The normalized spacial score (nSPS) is 17.8. The molecule has 0 aliphatic rings. The number of rotatable bonds is 8. The molecule has 0 aromatic carbocycles. The van der Waals surface area contributed by atoms with Gasteiger partial charge in [0.25, 0.3) is 0 Å². The molecule has 0 rings (SSSR count). The van der Waals surface area contributed by atoms with Gasteiger partial charge in [0.2, 0.25) is 5.62 Å². The van der Waals surface area contributed by atoms with Crippen LogP contribution in [-0.4, -0.2) is 18.2 Å². The summed E-state index contributed by atoms with van der Waals surface area (Å²) in [6.45, 7) is 8.80.